The first-order chi connectivity index (χ1) is 52.8. The van der Waals surface area contributed by atoms with Gasteiger partial charge in [-0.05, 0) is 50.0 Å². The molecule has 6 aromatic carbocycles. The van der Waals surface area contributed by atoms with Crippen molar-refractivity contribution >= 4 is 11.9 Å². The van der Waals surface area contributed by atoms with E-state index in [0.717, 1.165) is 12.7 Å². The normalized spacial score (nSPS) is 32.3. The topological polar surface area (TPSA) is 462 Å². The molecule has 5 aliphatic heterocycles. The van der Waals surface area contributed by atoms with E-state index < -0.39 is 185 Å². The molecule has 0 radical (unpaired) electrons. The van der Waals surface area contributed by atoms with Gasteiger partial charge >= 0.3 is 35.5 Å². The molecule has 109 heavy (non-hydrogen) atoms. The molecule has 576 valence electrons. The smallest absolute Gasteiger partial charge is 0.547 e. The second-order valence-electron chi connectivity index (χ2n) is 25.6. The van der Waals surface area contributed by atoms with Crippen LogP contribution in [0.1, 0.15) is 33.4 Å². The molecule has 0 aromatic heterocycles. The van der Waals surface area contributed by atoms with Crippen molar-refractivity contribution in [1.29, 1.82) is 0 Å². The summed E-state index contributed by atoms with van der Waals surface area (Å²) in [6.07, 6.45) is -38.0. The largest absolute Gasteiger partial charge is 1.00 e. The quantitative estimate of drug-likeness (QED) is 0.0125. The molecule has 6 aromatic rings. The van der Waals surface area contributed by atoms with Gasteiger partial charge in [0.2, 0.25) is 0 Å². The molecule has 5 saturated heterocycles. The Labute approximate surface area is 647 Å². The zero-order valence-corrected chi connectivity index (χ0v) is 61.5. The molecule has 5 fully saturated rings. The Balaban J connectivity index is 0.0000127. The number of nitrogens with zero attached hydrogens (tertiary/aromatic N) is 9. The number of methoxy groups -OCH3 is 2. The Morgan fingerprint density at radius 2 is 0.697 bits per heavy atom. The van der Waals surface area contributed by atoms with Gasteiger partial charge in [-0.3, -0.25) is 0 Å². The van der Waals surface area contributed by atoms with E-state index in [-0.39, 0.29) is 69.2 Å². The Hall–Kier alpha value is -7.65. The number of esters is 1. The molecule has 25 atom stereocenters. The van der Waals surface area contributed by atoms with E-state index in [9.17, 15) is 56.8 Å². The van der Waals surface area contributed by atoms with Gasteiger partial charge in [-0.15, -0.1) is 0 Å². The van der Waals surface area contributed by atoms with Crippen molar-refractivity contribution in [2.45, 2.75) is 193 Å². The number of rotatable bonds is 35. The summed E-state index contributed by atoms with van der Waals surface area (Å²) in [6.45, 7) is -3.56. The molecule has 34 nitrogen and oxygen atoms in total. The molecule has 35 heteroatoms. The summed E-state index contributed by atoms with van der Waals surface area (Å²) < 4.78 is 108. The van der Waals surface area contributed by atoms with Gasteiger partial charge in [0, 0.05) is 21.8 Å². The fourth-order valence-corrected chi connectivity index (χ4v) is 13.4. The van der Waals surface area contributed by atoms with E-state index in [2.05, 4.69) is 30.1 Å². The SMILES string of the molecule is COC(=O)C1O[C@@H](O[C@@H]2C(CO)O[C@H](OC)C(N=[N+]=[N-])[C@@H]2OCc2ccccc2)C(O)[C@@H](OCc2ccccc2)[C@H]1O[C@@H]1OC(CO)[C@@H](O[C@@H]2OC(C(=O)[O-])[C@@H](O[C@H]3OC(CO)[C@@H](OCc4ccccc4)[C@@H](OCc4ccccc4)C3N=[N+]=[N-])[C@@H](OCc3ccccc3)C2OCc2ccccc2)[C@H](O)C1N=[N+]=[N-].[Na+]. The number of carbonyl (C=O) groups is 2. The van der Waals surface area contributed by atoms with Crippen molar-refractivity contribution in [3.8, 4) is 0 Å². The summed E-state index contributed by atoms with van der Waals surface area (Å²) in [7, 11) is 2.30. The molecule has 0 amide bonds. The van der Waals surface area contributed by atoms with E-state index in [1.807, 2.05) is 36.4 Å². The van der Waals surface area contributed by atoms with Crippen LogP contribution in [0.5, 0.6) is 0 Å². The van der Waals surface area contributed by atoms with Crippen molar-refractivity contribution < 1.29 is 150 Å². The Morgan fingerprint density at radius 3 is 1.11 bits per heavy atom. The molecule has 11 rings (SSSR count). The third-order valence-corrected chi connectivity index (χ3v) is 18.8. The van der Waals surface area contributed by atoms with Gasteiger partial charge < -0.3 is 116 Å². The number of azide groups is 3. The molecular weight excluding hydrogens is 1440 g/mol. The maximum absolute atomic E-state index is 14.3. The van der Waals surface area contributed by atoms with E-state index in [1.165, 1.54) is 7.11 Å². The Kier molecular flexibility index (Phi) is 32.4. The molecule has 5 aliphatic rings. The van der Waals surface area contributed by atoms with E-state index in [0.29, 0.717) is 27.8 Å². The van der Waals surface area contributed by atoms with Crippen LogP contribution in [0, 0.1) is 0 Å². The predicted molar refractivity (Wildman–Crippen MR) is 369 cm³/mol. The van der Waals surface area contributed by atoms with E-state index >= 15 is 0 Å². The van der Waals surface area contributed by atoms with Gasteiger partial charge in [0.25, 0.3) is 0 Å². The average molecular weight is 1520 g/mol. The zero-order valence-electron chi connectivity index (χ0n) is 59.5. The summed E-state index contributed by atoms with van der Waals surface area (Å²) in [5.41, 5.74) is 34.3. The van der Waals surface area contributed by atoms with Crippen LogP contribution in [0.4, 0.5) is 0 Å². The van der Waals surface area contributed by atoms with Crippen molar-refractivity contribution in [3.05, 3.63) is 247 Å². The van der Waals surface area contributed by atoms with Crippen LogP contribution in [0.3, 0.4) is 0 Å². The monoisotopic (exact) mass is 1520 g/mol. The summed E-state index contributed by atoms with van der Waals surface area (Å²) in [6, 6.07) is 48.1. The number of aliphatic hydroxyl groups excluding tert-OH is 5. The summed E-state index contributed by atoms with van der Waals surface area (Å²) in [4.78, 5) is 37.5. The number of carbonyl (C=O) groups excluding carboxylic acids is 2. The van der Waals surface area contributed by atoms with Gasteiger partial charge in [0.05, 0.1) is 78.6 Å². The molecular formula is C74H84N9NaO25. The van der Waals surface area contributed by atoms with Crippen molar-refractivity contribution in [1.82, 2.24) is 0 Å². The minimum Gasteiger partial charge on any atom is -0.547 e. The number of ether oxygens (including phenoxy) is 17. The number of aliphatic carboxylic acids is 1. The van der Waals surface area contributed by atoms with Crippen molar-refractivity contribution in [2.75, 3.05) is 34.0 Å². The number of carboxylic acid groups (broad SMARTS) is 1. The first-order valence-electron chi connectivity index (χ1n) is 34.8. The predicted octanol–water partition coefficient (Wildman–Crippen LogP) is 1.97. The number of benzene rings is 6. The van der Waals surface area contributed by atoms with Crippen LogP contribution < -0.4 is 34.7 Å². The molecule has 0 spiro atoms. The van der Waals surface area contributed by atoms with Crippen molar-refractivity contribution in [2.24, 2.45) is 15.3 Å². The number of hydrogen-bond donors (Lipinski definition) is 5. The number of carboxylic acids is 1. The maximum Gasteiger partial charge on any atom is 1.00 e. The molecule has 10 unspecified atom stereocenters. The number of aliphatic hydroxyl groups is 5. The standard InChI is InChI=1S/C74H85N9O25.Na/c1-92-69(91)66-63(61(97-39-45-27-15-6-16-28-45)55(88)73(108-66)104-58-50(35-86)100-70(93-2)52(79-82-76)60(58)96-38-44-25-13-5-14-26-44)105-71-51(78-81-75)54(87)56(48(33-84)101-71)103-74-67(99-41-47-31-19-8-20-32-47)62(98-40-46-29-17-7-18-30-46)64(65(107-74)68(89)90)106-72-53(80-83-77)59(95-37-43-23-11-4-12-24-43)57(49(34-85)102-72)94-36-42-21-9-3-10-22-42;/h3-32,48-67,70-74,84-88H,33-41H2,1-2H3,(H,89,90);/q;+1/p-1/t48?,49?,50?,51?,52?,53?,54-,55?,56-,57-,58-,59+,60+,61-,62-,63-,64+,65?,66?,67?,70+,71+,72-,73-,74-;/m1./s1. The molecule has 5 N–H and O–H groups in total. The average Bonchev–Trinajstić information content (AvgIpc) is 0.759. The minimum absolute atomic E-state index is 0. The van der Waals surface area contributed by atoms with Gasteiger partial charge in [-0.2, -0.15) is 0 Å². The molecule has 0 saturated carbocycles. The van der Waals surface area contributed by atoms with Gasteiger partial charge in [0.1, 0.15) is 110 Å². The fourth-order valence-electron chi connectivity index (χ4n) is 13.4. The molecule has 0 bridgehead atoms. The Bertz CT molecular complexity index is 3900. The molecule has 5 heterocycles. The first-order valence-corrected chi connectivity index (χ1v) is 34.8. The summed E-state index contributed by atoms with van der Waals surface area (Å²) >= 11 is 0. The fraction of sp³-hybridized carbons (Fsp3) is 0.486. The van der Waals surface area contributed by atoms with Gasteiger partial charge in [0.15, 0.2) is 37.6 Å². The van der Waals surface area contributed by atoms with Gasteiger partial charge in [-0.1, -0.05) is 197 Å². The van der Waals surface area contributed by atoms with Crippen LogP contribution in [-0.2, 0) is 130 Å². The van der Waals surface area contributed by atoms with Gasteiger partial charge in [-0.25, -0.2) is 4.79 Å². The third-order valence-electron chi connectivity index (χ3n) is 18.8. The minimum atomic E-state index is -2.28. The van der Waals surface area contributed by atoms with Crippen LogP contribution >= 0.6 is 0 Å². The van der Waals surface area contributed by atoms with Crippen molar-refractivity contribution in [3.63, 3.8) is 0 Å². The number of hydrogen-bond acceptors (Lipinski definition) is 28. The van der Waals surface area contributed by atoms with Crippen LogP contribution in [-0.4, -0.2) is 225 Å². The van der Waals surface area contributed by atoms with Crippen LogP contribution in [0.15, 0.2) is 197 Å². The van der Waals surface area contributed by atoms with Crippen LogP contribution in [0.2, 0.25) is 0 Å². The molecule has 0 aliphatic carbocycles. The zero-order chi connectivity index (χ0) is 75.9. The van der Waals surface area contributed by atoms with E-state index in [4.69, 9.17) is 80.5 Å². The van der Waals surface area contributed by atoms with Crippen LogP contribution in [0.25, 0.3) is 31.3 Å². The van der Waals surface area contributed by atoms with E-state index in [1.54, 1.807) is 146 Å². The maximum atomic E-state index is 14.3. The first kappa shape index (κ1) is 83.8. The summed E-state index contributed by atoms with van der Waals surface area (Å²) in [5, 5.41) is 84.8. The second kappa shape index (κ2) is 42.1. The third kappa shape index (κ3) is 21.3. The summed E-state index contributed by atoms with van der Waals surface area (Å²) in [5.74, 6) is -3.09. The Morgan fingerprint density at radius 1 is 0.376 bits per heavy atom. The second-order valence-corrected chi connectivity index (χ2v) is 25.6.